The summed E-state index contributed by atoms with van der Waals surface area (Å²) < 4.78 is 41.7. The molecular formula is C22H24F3N5O2. The molecule has 1 aromatic heterocycles. The van der Waals surface area contributed by atoms with E-state index >= 15 is 0 Å². The molecule has 5 fully saturated rings. The maximum atomic E-state index is 12.9. The Morgan fingerprint density at radius 2 is 1.94 bits per heavy atom. The van der Waals surface area contributed by atoms with E-state index in [2.05, 4.69) is 19.9 Å². The summed E-state index contributed by atoms with van der Waals surface area (Å²) in [7, 11) is 0. The van der Waals surface area contributed by atoms with E-state index in [0.717, 1.165) is 56.7 Å². The Balaban J connectivity index is 1.02. The molecule has 0 unspecified atom stereocenters. The average molecular weight is 447 g/mol. The van der Waals surface area contributed by atoms with Gasteiger partial charge in [0.05, 0.1) is 0 Å². The van der Waals surface area contributed by atoms with Crippen molar-refractivity contribution in [2.24, 2.45) is 11.3 Å². The van der Waals surface area contributed by atoms with E-state index < -0.39 is 6.36 Å². The van der Waals surface area contributed by atoms with E-state index in [1.54, 1.807) is 6.07 Å². The number of alkyl halides is 3. The van der Waals surface area contributed by atoms with Crippen LogP contribution >= 0.6 is 0 Å². The Bertz CT molecular complexity index is 1010. The number of nitrogens with one attached hydrogen (secondary N) is 1. The molecule has 2 bridgehead atoms. The predicted molar refractivity (Wildman–Crippen MR) is 107 cm³/mol. The topological polar surface area (TPSA) is 74.3 Å². The summed E-state index contributed by atoms with van der Waals surface area (Å²) >= 11 is 0. The van der Waals surface area contributed by atoms with Gasteiger partial charge < -0.3 is 14.5 Å². The maximum Gasteiger partial charge on any atom is 0.573 e. The highest BCUT2D eigenvalue weighted by atomic mass is 19.4. The molecule has 2 aromatic rings. The number of benzene rings is 1. The van der Waals surface area contributed by atoms with Crippen LogP contribution in [-0.4, -0.2) is 63.6 Å². The Hall–Kier alpha value is -2.78. The van der Waals surface area contributed by atoms with Gasteiger partial charge in [-0.3, -0.25) is 5.10 Å². The number of urea groups is 1. The lowest BCUT2D eigenvalue weighted by Crippen LogP contribution is -2.73. The van der Waals surface area contributed by atoms with E-state index in [9.17, 15) is 18.0 Å². The first-order valence-corrected chi connectivity index (χ1v) is 11.0. The molecule has 7 rings (SSSR count). The lowest BCUT2D eigenvalue weighted by molar-refractivity contribution is -0.274. The van der Waals surface area contributed by atoms with Crippen molar-refractivity contribution in [2.75, 3.05) is 26.2 Å². The number of hydrogen-bond donors (Lipinski definition) is 1. The predicted octanol–water partition coefficient (Wildman–Crippen LogP) is 3.67. The number of rotatable bonds is 4. The van der Waals surface area contributed by atoms with Crippen LogP contribution in [0.15, 0.2) is 30.6 Å². The molecule has 5 aliphatic rings. The summed E-state index contributed by atoms with van der Waals surface area (Å²) in [5, 5.41) is 6.80. The second kappa shape index (κ2) is 6.62. The van der Waals surface area contributed by atoms with Crippen LogP contribution < -0.4 is 4.74 Å². The lowest BCUT2D eigenvalue weighted by atomic mass is 9.30. The van der Waals surface area contributed by atoms with Crippen molar-refractivity contribution in [3.8, 4) is 5.75 Å². The number of nitrogens with zero attached hydrogens (tertiary/aromatic N) is 4. The second-order valence-corrected chi connectivity index (χ2v) is 9.94. The number of likely N-dealkylation sites (tertiary alicyclic amines) is 2. The minimum absolute atomic E-state index is 0.0192. The number of aromatic amines is 1. The molecule has 170 valence electrons. The van der Waals surface area contributed by atoms with Crippen molar-refractivity contribution in [1.82, 2.24) is 25.0 Å². The minimum Gasteiger partial charge on any atom is -0.406 e. The Kier molecular flexibility index (Phi) is 4.11. The molecule has 1 atom stereocenters. The third kappa shape index (κ3) is 3.06. The molecule has 1 aromatic carbocycles. The quantitative estimate of drug-likeness (QED) is 0.776. The number of ether oxygens (including phenoxy) is 1. The summed E-state index contributed by atoms with van der Waals surface area (Å²) in [5.41, 5.74) is 1.16. The van der Waals surface area contributed by atoms with Crippen LogP contribution in [0, 0.1) is 11.3 Å². The van der Waals surface area contributed by atoms with Crippen molar-refractivity contribution in [3.63, 3.8) is 0 Å². The number of aromatic nitrogens is 3. The summed E-state index contributed by atoms with van der Waals surface area (Å²) in [4.78, 5) is 20.9. The van der Waals surface area contributed by atoms with E-state index in [1.807, 2.05) is 15.9 Å². The summed E-state index contributed by atoms with van der Waals surface area (Å²) in [6, 6.07) is 6.52. The van der Waals surface area contributed by atoms with Crippen LogP contribution in [0.2, 0.25) is 0 Å². The fourth-order valence-electron chi connectivity index (χ4n) is 6.42. The van der Waals surface area contributed by atoms with Crippen LogP contribution in [0.3, 0.4) is 0 Å². The number of hydrogen-bond acceptors (Lipinski definition) is 4. The molecular weight excluding hydrogens is 423 g/mol. The van der Waals surface area contributed by atoms with Crippen LogP contribution in [-0.2, 0) is 5.41 Å². The van der Waals surface area contributed by atoms with Crippen LogP contribution in [0.5, 0.6) is 5.75 Å². The second-order valence-electron chi connectivity index (χ2n) is 9.94. The van der Waals surface area contributed by atoms with Gasteiger partial charge >= 0.3 is 12.4 Å². The first-order valence-electron chi connectivity index (χ1n) is 11.0. The zero-order chi connectivity index (χ0) is 22.1. The van der Waals surface area contributed by atoms with Gasteiger partial charge in [-0.25, -0.2) is 9.78 Å². The standard InChI is InChI=1S/C22H24F3N5O2/c23-22(24,25)32-17-3-1-2-15(6-17)20-10-21(11-20,12-20)16-8-30(9-16)19(31)29-5-4-14(7-29)18-26-13-27-28-18/h1-3,6,13-14,16H,4-5,7-12H2,(H,26,27,28)/t14-,20?,21?/m0/s1. The third-order valence-corrected chi connectivity index (χ3v) is 8.05. The third-order valence-electron chi connectivity index (χ3n) is 8.05. The first kappa shape index (κ1) is 19.9. The average Bonchev–Trinajstić information content (AvgIpc) is 3.30. The largest absolute Gasteiger partial charge is 0.573 e. The van der Waals surface area contributed by atoms with Crippen LogP contribution in [0.25, 0.3) is 0 Å². The van der Waals surface area contributed by atoms with Crippen LogP contribution in [0.4, 0.5) is 18.0 Å². The van der Waals surface area contributed by atoms with Crippen LogP contribution in [0.1, 0.15) is 43.0 Å². The molecule has 3 saturated carbocycles. The van der Waals surface area contributed by atoms with Crippen molar-refractivity contribution in [1.29, 1.82) is 0 Å². The van der Waals surface area contributed by atoms with Gasteiger partial charge in [0.1, 0.15) is 17.9 Å². The zero-order valence-corrected chi connectivity index (χ0v) is 17.4. The van der Waals surface area contributed by atoms with Gasteiger partial charge in [0.25, 0.3) is 0 Å². The number of carbonyl (C=O) groups is 1. The molecule has 0 spiro atoms. The van der Waals surface area contributed by atoms with Crippen molar-refractivity contribution in [2.45, 2.75) is 43.4 Å². The normalized spacial score (nSPS) is 31.7. The Morgan fingerprint density at radius 3 is 2.62 bits per heavy atom. The van der Waals surface area contributed by atoms with Gasteiger partial charge in [0, 0.05) is 32.1 Å². The molecule has 1 N–H and O–H groups in total. The zero-order valence-electron chi connectivity index (χ0n) is 17.4. The number of halogens is 3. The van der Waals surface area contributed by atoms with Crippen molar-refractivity contribution < 1.29 is 22.7 Å². The maximum absolute atomic E-state index is 12.9. The molecule has 2 saturated heterocycles. The highest BCUT2D eigenvalue weighted by Gasteiger charge is 2.72. The molecule has 10 heteroatoms. The Labute approximate surface area is 182 Å². The number of carbonyl (C=O) groups excluding carboxylic acids is 1. The van der Waals surface area contributed by atoms with Gasteiger partial charge in [-0.15, -0.1) is 13.2 Å². The highest BCUT2D eigenvalue weighted by Crippen LogP contribution is 2.77. The smallest absolute Gasteiger partial charge is 0.406 e. The summed E-state index contributed by atoms with van der Waals surface area (Å²) in [6.07, 6.45) is 0.668. The van der Waals surface area contributed by atoms with E-state index in [1.165, 1.54) is 18.5 Å². The Morgan fingerprint density at radius 1 is 1.16 bits per heavy atom. The fourth-order valence-corrected chi connectivity index (χ4v) is 6.42. The molecule has 2 aliphatic heterocycles. The van der Waals surface area contributed by atoms with Crippen molar-refractivity contribution in [3.05, 3.63) is 42.0 Å². The van der Waals surface area contributed by atoms with Gasteiger partial charge in [-0.2, -0.15) is 5.10 Å². The number of amides is 2. The molecule has 3 aliphatic carbocycles. The van der Waals surface area contributed by atoms with Crippen molar-refractivity contribution >= 4 is 6.03 Å². The molecule has 3 heterocycles. The number of H-pyrrole nitrogens is 1. The molecule has 0 radical (unpaired) electrons. The SMILES string of the molecule is O=C(N1CC(C23CC(c4cccc(OC(F)(F)F)c4)(C2)C3)C1)N1CC[C@H](c2ncn[nH]2)C1. The first-order chi connectivity index (χ1) is 15.3. The molecule has 7 nitrogen and oxygen atoms in total. The minimum atomic E-state index is -4.68. The lowest BCUT2D eigenvalue weighted by Gasteiger charge is -2.76. The van der Waals surface area contributed by atoms with Gasteiger partial charge in [-0.1, -0.05) is 12.1 Å². The molecule has 2 amide bonds. The monoisotopic (exact) mass is 447 g/mol. The summed E-state index contributed by atoms with van der Waals surface area (Å²) in [6.45, 7) is 2.95. The summed E-state index contributed by atoms with van der Waals surface area (Å²) in [5.74, 6) is 1.39. The highest BCUT2D eigenvalue weighted by molar-refractivity contribution is 5.76. The van der Waals surface area contributed by atoms with E-state index in [0.29, 0.717) is 12.5 Å². The van der Waals surface area contributed by atoms with E-state index in [4.69, 9.17) is 0 Å². The van der Waals surface area contributed by atoms with Gasteiger partial charge in [-0.05, 0) is 60.1 Å². The van der Waals surface area contributed by atoms with Gasteiger partial charge in [0.15, 0.2) is 0 Å². The van der Waals surface area contributed by atoms with Gasteiger partial charge in [0.2, 0.25) is 0 Å². The molecule has 32 heavy (non-hydrogen) atoms. The van der Waals surface area contributed by atoms with E-state index in [-0.39, 0.29) is 28.5 Å². The fraction of sp³-hybridized carbons (Fsp3) is 0.591.